The van der Waals surface area contributed by atoms with Crippen LogP contribution in [0.25, 0.3) is 0 Å². The largest absolute Gasteiger partial charge is 0.383 e. The molecule has 0 atom stereocenters. The molecular weight excluding hydrogens is 164 g/mol. The quantitative estimate of drug-likeness (QED) is 0.720. The Hall–Kier alpha value is -0.830. The monoisotopic (exact) mass is 184 g/mol. The molecule has 13 heavy (non-hydrogen) atoms. The van der Waals surface area contributed by atoms with Gasteiger partial charge in [-0.05, 0) is 13.8 Å². The number of hydrogen-bond acceptors (Lipinski definition) is 2. The number of hydrogen-bond donors (Lipinski definition) is 0. The highest BCUT2D eigenvalue weighted by Gasteiger charge is 1.99. The van der Waals surface area contributed by atoms with Gasteiger partial charge in [0.1, 0.15) is 5.82 Å². The second-order valence-electron chi connectivity index (χ2n) is 2.59. The molecule has 0 unspecified atom stereocenters. The Morgan fingerprint density at radius 1 is 1.38 bits per heavy atom. The van der Waals surface area contributed by atoms with Crippen LogP contribution in [0.5, 0.6) is 0 Å². The predicted molar refractivity (Wildman–Crippen MR) is 54.9 cm³/mol. The standard InChI is InChI=1S/C8H14N2O.C2H6/c1-7-6-9-8(2)10(7)4-5-11-3;1-2/h6H,4-5H2,1-3H3;1-2H3. The van der Waals surface area contributed by atoms with Gasteiger partial charge in [-0.3, -0.25) is 0 Å². The number of methoxy groups -OCH3 is 1. The first-order chi connectivity index (χ1) is 6.25. The highest BCUT2D eigenvalue weighted by Crippen LogP contribution is 2.01. The maximum absolute atomic E-state index is 4.98. The maximum atomic E-state index is 4.98. The molecule has 0 spiro atoms. The molecule has 76 valence electrons. The van der Waals surface area contributed by atoms with E-state index in [9.17, 15) is 0 Å². The Labute approximate surface area is 80.7 Å². The molecule has 1 aromatic heterocycles. The van der Waals surface area contributed by atoms with Crippen molar-refractivity contribution in [3.63, 3.8) is 0 Å². The van der Waals surface area contributed by atoms with Crippen LogP contribution >= 0.6 is 0 Å². The van der Waals surface area contributed by atoms with Crippen LogP contribution in [0.1, 0.15) is 25.4 Å². The zero-order valence-corrected chi connectivity index (χ0v) is 9.29. The average molecular weight is 184 g/mol. The molecule has 1 aromatic rings. The summed E-state index contributed by atoms with van der Waals surface area (Å²) in [7, 11) is 1.71. The summed E-state index contributed by atoms with van der Waals surface area (Å²) in [6.45, 7) is 9.70. The van der Waals surface area contributed by atoms with Crippen molar-refractivity contribution < 1.29 is 4.74 Å². The highest BCUT2D eigenvalue weighted by atomic mass is 16.5. The van der Waals surface area contributed by atoms with E-state index in [0.29, 0.717) is 0 Å². The van der Waals surface area contributed by atoms with Crippen LogP contribution in [-0.4, -0.2) is 23.3 Å². The summed E-state index contributed by atoms with van der Waals surface area (Å²) in [5.41, 5.74) is 1.19. The summed E-state index contributed by atoms with van der Waals surface area (Å²) in [6, 6.07) is 0. The van der Waals surface area contributed by atoms with Crippen molar-refractivity contribution in [2.45, 2.75) is 34.2 Å². The Bertz CT molecular complexity index is 211. The van der Waals surface area contributed by atoms with Gasteiger partial charge in [0.2, 0.25) is 0 Å². The minimum atomic E-state index is 0.748. The molecule has 0 radical (unpaired) electrons. The summed E-state index contributed by atoms with van der Waals surface area (Å²) < 4.78 is 7.12. The fourth-order valence-corrected chi connectivity index (χ4v) is 1.10. The Morgan fingerprint density at radius 2 is 2.00 bits per heavy atom. The van der Waals surface area contributed by atoms with E-state index in [1.807, 2.05) is 27.0 Å². The van der Waals surface area contributed by atoms with Crippen LogP contribution in [0.2, 0.25) is 0 Å². The second-order valence-corrected chi connectivity index (χ2v) is 2.59. The number of nitrogens with zero attached hydrogens (tertiary/aromatic N) is 2. The first-order valence-electron chi connectivity index (χ1n) is 4.73. The Balaban J connectivity index is 0.000000671. The van der Waals surface area contributed by atoms with E-state index >= 15 is 0 Å². The van der Waals surface area contributed by atoms with Crippen molar-refractivity contribution in [2.75, 3.05) is 13.7 Å². The summed E-state index contributed by atoms with van der Waals surface area (Å²) in [5.74, 6) is 1.06. The Morgan fingerprint density at radius 3 is 2.38 bits per heavy atom. The van der Waals surface area contributed by atoms with Gasteiger partial charge in [-0.1, -0.05) is 13.8 Å². The van der Waals surface area contributed by atoms with Gasteiger partial charge < -0.3 is 9.30 Å². The highest BCUT2D eigenvalue weighted by molar-refractivity contribution is 5.01. The smallest absolute Gasteiger partial charge is 0.105 e. The van der Waals surface area contributed by atoms with Gasteiger partial charge >= 0.3 is 0 Å². The maximum Gasteiger partial charge on any atom is 0.105 e. The van der Waals surface area contributed by atoms with Gasteiger partial charge in [-0.2, -0.15) is 0 Å². The van der Waals surface area contributed by atoms with E-state index in [4.69, 9.17) is 4.74 Å². The van der Waals surface area contributed by atoms with Crippen LogP contribution < -0.4 is 0 Å². The van der Waals surface area contributed by atoms with E-state index in [1.165, 1.54) is 5.69 Å². The molecule has 0 saturated heterocycles. The number of imidazole rings is 1. The molecule has 0 fully saturated rings. The molecule has 0 amide bonds. The van der Waals surface area contributed by atoms with Gasteiger partial charge in [-0.15, -0.1) is 0 Å². The molecule has 0 N–H and O–H groups in total. The average Bonchev–Trinajstić information content (AvgIpc) is 2.47. The number of rotatable bonds is 3. The summed E-state index contributed by atoms with van der Waals surface area (Å²) >= 11 is 0. The lowest BCUT2D eigenvalue weighted by molar-refractivity contribution is 0.186. The molecule has 1 heterocycles. The zero-order valence-electron chi connectivity index (χ0n) is 9.29. The predicted octanol–water partition coefficient (Wildman–Crippen LogP) is 2.17. The van der Waals surface area contributed by atoms with Crippen molar-refractivity contribution in [1.29, 1.82) is 0 Å². The molecule has 0 saturated carbocycles. The van der Waals surface area contributed by atoms with Crippen molar-refractivity contribution in [3.8, 4) is 0 Å². The van der Waals surface area contributed by atoms with Gasteiger partial charge in [-0.25, -0.2) is 4.98 Å². The van der Waals surface area contributed by atoms with E-state index < -0.39 is 0 Å². The van der Waals surface area contributed by atoms with Crippen molar-refractivity contribution in [2.24, 2.45) is 0 Å². The summed E-state index contributed by atoms with van der Waals surface area (Å²) in [6.07, 6.45) is 1.88. The third-order valence-corrected chi connectivity index (χ3v) is 1.77. The molecule has 0 aromatic carbocycles. The summed E-state index contributed by atoms with van der Waals surface area (Å²) in [5, 5.41) is 0. The van der Waals surface area contributed by atoms with Crippen LogP contribution in [-0.2, 0) is 11.3 Å². The van der Waals surface area contributed by atoms with E-state index in [-0.39, 0.29) is 0 Å². The normalized spacial score (nSPS) is 9.31. The second kappa shape index (κ2) is 6.66. The lowest BCUT2D eigenvalue weighted by Gasteiger charge is -2.05. The first kappa shape index (κ1) is 12.2. The van der Waals surface area contributed by atoms with E-state index in [1.54, 1.807) is 7.11 Å². The topological polar surface area (TPSA) is 27.1 Å². The molecule has 0 bridgehead atoms. The molecule has 0 aliphatic heterocycles. The van der Waals surface area contributed by atoms with Crippen LogP contribution in [0.3, 0.4) is 0 Å². The van der Waals surface area contributed by atoms with Gasteiger partial charge in [0.05, 0.1) is 6.61 Å². The molecular formula is C10H20N2O. The SMILES string of the molecule is CC.COCCn1c(C)cnc1C. The van der Waals surface area contributed by atoms with Gasteiger partial charge in [0.15, 0.2) is 0 Å². The van der Waals surface area contributed by atoms with Crippen molar-refractivity contribution in [3.05, 3.63) is 17.7 Å². The van der Waals surface area contributed by atoms with Gasteiger partial charge in [0.25, 0.3) is 0 Å². The zero-order chi connectivity index (χ0) is 10.3. The third kappa shape index (κ3) is 3.59. The lowest BCUT2D eigenvalue weighted by atomic mass is 10.5. The van der Waals surface area contributed by atoms with Crippen LogP contribution in [0.15, 0.2) is 6.20 Å². The van der Waals surface area contributed by atoms with E-state index in [2.05, 4.69) is 16.5 Å². The fraction of sp³-hybridized carbons (Fsp3) is 0.700. The number of ether oxygens (including phenoxy) is 1. The first-order valence-corrected chi connectivity index (χ1v) is 4.73. The minimum absolute atomic E-state index is 0.748. The molecule has 0 aliphatic carbocycles. The minimum Gasteiger partial charge on any atom is -0.383 e. The van der Waals surface area contributed by atoms with Gasteiger partial charge in [0, 0.05) is 25.5 Å². The molecule has 0 aliphatic rings. The molecule has 3 heteroatoms. The van der Waals surface area contributed by atoms with Crippen molar-refractivity contribution >= 4 is 0 Å². The Kier molecular flexibility index (Phi) is 6.24. The fourth-order valence-electron chi connectivity index (χ4n) is 1.10. The van der Waals surface area contributed by atoms with E-state index in [0.717, 1.165) is 19.0 Å². The van der Waals surface area contributed by atoms with Crippen molar-refractivity contribution in [1.82, 2.24) is 9.55 Å². The molecule has 1 rings (SSSR count). The number of aromatic nitrogens is 2. The lowest BCUT2D eigenvalue weighted by Crippen LogP contribution is -2.07. The summed E-state index contributed by atoms with van der Waals surface area (Å²) in [4.78, 5) is 4.18. The van der Waals surface area contributed by atoms with Crippen LogP contribution in [0, 0.1) is 13.8 Å². The number of aryl methyl sites for hydroxylation is 2. The van der Waals surface area contributed by atoms with Crippen LogP contribution in [0.4, 0.5) is 0 Å². The molecule has 3 nitrogen and oxygen atoms in total. The third-order valence-electron chi connectivity index (χ3n) is 1.77.